The Hall–Kier alpha value is -3.48. The van der Waals surface area contributed by atoms with Crippen molar-refractivity contribution in [2.45, 2.75) is 0 Å². The minimum absolute atomic E-state index is 0.236. The molecule has 2 N–H and O–H groups in total. The van der Waals surface area contributed by atoms with E-state index < -0.39 is 0 Å². The molecule has 7 heteroatoms. The normalized spacial score (nSPS) is 14.1. The van der Waals surface area contributed by atoms with Gasteiger partial charge in [0.15, 0.2) is 0 Å². The molecule has 0 aliphatic carbocycles. The van der Waals surface area contributed by atoms with Crippen molar-refractivity contribution in [3.63, 3.8) is 0 Å². The summed E-state index contributed by atoms with van der Waals surface area (Å²) >= 11 is 0. The topological polar surface area (TPSA) is 96.0 Å². The summed E-state index contributed by atoms with van der Waals surface area (Å²) in [4.78, 5) is 24.9. The van der Waals surface area contributed by atoms with Crippen LogP contribution in [0.15, 0.2) is 52.3 Å². The fraction of sp³-hybridized carbons (Fsp3) is 0.0588. The Kier molecular flexibility index (Phi) is 3.31. The predicted molar refractivity (Wildman–Crippen MR) is 88.7 cm³/mol. The van der Waals surface area contributed by atoms with Crippen molar-refractivity contribution in [2.75, 3.05) is 7.11 Å². The van der Waals surface area contributed by atoms with Crippen molar-refractivity contribution in [2.24, 2.45) is 4.99 Å². The van der Waals surface area contributed by atoms with E-state index in [0.29, 0.717) is 22.6 Å². The van der Waals surface area contributed by atoms with Crippen LogP contribution in [-0.2, 0) is 0 Å². The Morgan fingerprint density at radius 3 is 2.92 bits per heavy atom. The number of nitrogens with one attached hydrogen (secondary N) is 2. The van der Waals surface area contributed by atoms with E-state index in [-0.39, 0.29) is 5.56 Å². The molecule has 0 radical (unpaired) electrons. The summed E-state index contributed by atoms with van der Waals surface area (Å²) in [6.45, 7) is 0. The maximum absolute atomic E-state index is 12.1. The van der Waals surface area contributed by atoms with Crippen LogP contribution in [0.3, 0.4) is 0 Å². The smallest absolute Gasteiger partial charge is 0.271 e. The zero-order valence-corrected chi connectivity index (χ0v) is 12.8. The zero-order chi connectivity index (χ0) is 16.5. The van der Waals surface area contributed by atoms with Crippen LogP contribution in [0.25, 0.3) is 23.5 Å². The van der Waals surface area contributed by atoms with Crippen LogP contribution in [0.5, 0.6) is 5.75 Å². The van der Waals surface area contributed by atoms with Crippen LogP contribution in [0.4, 0.5) is 0 Å². The van der Waals surface area contributed by atoms with Crippen molar-refractivity contribution in [3.8, 4) is 17.1 Å². The molecule has 24 heavy (non-hydrogen) atoms. The van der Waals surface area contributed by atoms with Gasteiger partial charge in [0.25, 0.3) is 5.56 Å². The Morgan fingerprint density at radius 1 is 1.21 bits per heavy atom. The summed E-state index contributed by atoms with van der Waals surface area (Å²) in [5, 5.41) is 7.22. The average Bonchev–Trinajstić information content (AvgIpc) is 3.18. The van der Waals surface area contributed by atoms with Gasteiger partial charge in [0.2, 0.25) is 0 Å². The second-order valence-electron chi connectivity index (χ2n) is 5.21. The number of ether oxygens (including phenoxy) is 1. The summed E-state index contributed by atoms with van der Waals surface area (Å²) in [5.74, 6) is 0.765. The molecule has 0 saturated carbocycles. The van der Waals surface area contributed by atoms with Crippen molar-refractivity contribution in [1.82, 2.24) is 20.2 Å². The van der Waals surface area contributed by atoms with E-state index in [1.165, 1.54) is 0 Å². The quantitative estimate of drug-likeness (QED) is 0.740. The zero-order valence-electron chi connectivity index (χ0n) is 12.8. The molecule has 118 valence electrons. The molecule has 3 heterocycles. The van der Waals surface area contributed by atoms with Gasteiger partial charge in [-0.05, 0) is 30.4 Å². The van der Waals surface area contributed by atoms with E-state index in [1.54, 1.807) is 31.8 Å². The molecule has 1 aliphatic rings. The molecule has 1 aliphatic heterocycles. The van der Waals surface area contributed by atoms with E-state index >= 15 is 0 Å². The number of rotatable bonds is 3. The van der Waals surface area contributed by atoms with Crippen LogP contribution in [0.1, 0.15) is 5.56 Å². The molecule has 0 saturated heterocycles. The van der Waals surface area contributed by atoms with E-state index in [2.05, 4.69) is 25.2 Å². The highest BCUT2D eigenvalue weighted by molar-refractivity contribution is 5.74. The molecular weight excluding hydrogens is 306 g/mol. The minimum atomic E-state index is -0.236. The van der Waals surface area contributed by atoms with E-state index in [9.17, 15) is 4.79 Å². The number of H-pyrrole nitrogens is 2. The first-order chi connectivity index (χ1) is 11.7. The highest BCUT2D eigenvalue weighted by Gasteiger charge is 2.12. The lowest BCUT2D eigenvalue weighted by atomic mass is 10.1. The second-order valence-corrected chi connectivity index (χ2v) is 5.21. The SMILES string of the molecule is COc1ccc2c(c1)=C/C(=C\c1c(-c3cnccn3)[nH][nH]c1=O)N=2. The number of hydrogen-bond donors (Lipinski definition) is 2. The summed E-state index contributed by atoms with van der Waals surface area (Å²) in [6.07, 6.45) is 8.38. The number of hydrogen-bond acceptors (Lipinski definition) is 5. The number of aromatic nitrogens is 4. The maximum atomic E-state index is 12.1. The lowest BCUT2D eigenvalue weighted by molar-refractivity contribution is 0.414. The number of aromatic amines is 2. The van der Waals surface area contributed by atoms with Gasteiger partial charge in [0.1, 0.15) is 11.4 Å². The fourth-order valence-electron chi connectivity index (χ4n) is 2.56. The number of allylic oxidation sites excluding steroid dienone is 1. The van der Waals surface area contributed by atoms with Gasteiger partial charge in [0, 0.05) is 17.6 Å². The largest absolute Gasteiger partial charge is 0.497 e. The third-order valence-electron chi connectivity index (χ3n) is 3.71. The van der Waals surface area contributed by atoms with Crippen molar-refractivity contribution in [1.29, 1.82) is 0 Å². The molecule has 0 bridgehead atoms. The van der Waals surface area contributed by atoms with Crippen molar-refractivity contribution in [3.05, 3.63) is 69.0 Å². The van der Waals surface area contributed by atoms with Crippen LogP contribution >= 0.6 is 0 Å². The van der Waals surface area contributed by atoms with Gasteiger partial charge in [-0.1, -0.05) is 0 Å². The molecule has 2 aromatic heterocycles. The van der Waals surface area contributed by atoms with Crippen molar-refractivity contribution >= 4 is 12.2 Å². The number of nitrogens with zero attached hydrogens (tertiary/aromatic N) is 3. The highest BCUT2D eigenvalue weighted by Crippen LogP contribution is 2.18. The first-order valence-corrected chi connectivity index (χ1v) is 7.28. The van der Waals surface area contributed by atoms with E-state index in [4.69, 9.17) is 4.74 Å². The Bertz CT molecular complexity index is 1110. The molecule has 0 atom stereocenters. The highest BCUT2D eigenvalue weighted by atomic mass is 16.5. The molecule has 1 aromatic carbocycles. The van der Waals surface area contributed by atoms with Crippen LogP contribution in [-0.4, -0.2) is 27.3 Å². The molecule has 3 aromatic rings. The van der Waals surface area contributed by atoms with E-state index in [0.717, 1.165) is 16.3 Å². The summed E-state index contributed by atoms with van der Waals surface area (Å²) in [7, 11) is 1.62. The standard InChI is InChI=1S/C17H13N5O2/c1-24-12-2-3-14-10(7-12)6-11(20-14)8-13-16(21-22-17(13)23)15-9-18-4-5-19-15/h2-9H,1H3,(H2,21,22,23)/b11-8+. The first-order valence-electron chi connectivity index (χ1n) is 7.28. The average molecular weight is 319 g/mol. The fourth-order valence-corrected chi connectivity index (χ4v) is 2.56. The molecule has 0 amide bonds. The molecule has 0 fully saturated rings. The van der Waals surface area contributed by atoms with Crippen LogP contribution < -0.4 is 20.9 Å². The maximum Gasteiger partial charge on any atom is 0.271 e. The summed E-state index contributed by atoms with van der Waals surface area (Å²) in [6, 6.07) is 5.65. The number of methoxy groups -OCH3 is 1. The minimum Gasteiger partial charge on any atom is -0.497 e. The van der Waals surface area contributed by atoms with Gasteiger partial charge >= 0.3 is 0 Å². The van der Waals surface area contributed by atoms with Gasteiger partial charge in [-0.2, -0.15) is 0 Å². The van der Waals surface area contributed by atoms with Gasteiger partial charge in [-0.25, -0.2) is 4.99 Å². The predicted octanol–water partition coefficient (Wildman–Crippen LogP) is 0.623. The number of benzene rings is 1. The third kappa shape index (κ3) is 2.41. The summed E-state index contributed by atoms with van der Waals surface area (Å²) < 4.78 is 5.22. The lowest BCUT2D eigenvalue weighted by Gasteiger charge is -1.97. The Morgan fingerprint density at radius 2 is 2.12 bits per heavy atom. The first kappa shape index (κ1) is 14.1. The van der Waals surface area contributed by atoms with Crippen molar-refractivity contribution < 1.29 is 4.74 Å². The van der Waals surface area contributed by atoms with Crippen LogP contribution in [0, 0.1) is 0 Å². The summed E-state index contributed by atoms with van der Waals surface area (Å²) in [5.41, 5.74) is 2.08. The molecular formula is C17H13N5O2. The molecule has 0 spiro atoms. The van der Waals surface area contributed by atoms with E-state index in [1.807, 2.05) is 24.3 Å². The number of fused-ring (bicyclic) bond motifs is 1. The Balaban J connectivity index is 1.82. The Labute approximate surface area is 136 Å². The third-order valence-corrected chi connectivity index (χ3v) is 3.71. The lowest BCUT2D eigenvalue weighted by Crippen LogP contribution is -2.20. The van der Waals surface area contributed by atoms with Gasteiger partial charge in [-0.15, -0.1) is 0 Å². The molecule has 7 nitrogen and oxygen atoms in total. The van der Waals surface area contributed by atoms with Crippen LogP contribution in [0.2, 0.25) is 0 Å². The van der Waals surface area contributed by atoms with Gasteiger partial charge in [-0.3, -0.25) is 25.0 Å². The van der Waals surface area contributed by atoms with Gasteiger partial charge in [0.05, 0.1) is 35.6 Å². The molecule has 4 rings (SSSR count). The molecule has 0 unspecified atom stereocenters. The van der Waals surface area contributed by atoms with Gasteiger partial charge < -0.3 is 4.74 Å². The monoisotopic (exact) mass is 319 g/mol. The second kappa shape index (κ2) is 5.62.